The van der Waals surface area contributed by atoms with Crippen LogP contribution in [0.1, 0.15) is 17.7 Å². The Bertz CT molecular complexity index is 478. The number of ether oxygens (including phenoxy) is 1. The Morgan fingerprint density at radius 1 is 1.39 bits per heavy atom. The number of carboxylic acids is 1. The van der Waals surface area contributed by atoms with Gasteiger partial charge in [-0.2, -0.15) is 0 Å². The molecule has 2 heterocycles. The first kappa shape index (κ1) is 11.4. The Balaban J connectivity index is 1.81. The molecule has 1 aromatic heterocycles. The van der Waals surface area contributed by atoms with E-state index in [9.17, 15) is 4.79 Å². The Morgan fingerprint density at radius 3 is 3.11 bits per heavy atom. The highest BCUT2D eigenvalue weighted by atomic mass is 16.5. The number of carbonyl (C=O) groups is 1. The summed E-state index contributed by atoms with van der Waals surface area (Å²) in [6, 6.07) is -0.206. The fourth-order valence-corrected chi connectivity index (χ4v) is 2.60. The number of fused-ring (bicyclic) bond motifs is 1. The van der Waals surface area contributed by atoms with Gasteiger partial charge in [-0.25, -0.2) is 9.97 Å². The first-order chi connectivity index (χ1) is 8.75. The molecule has 6 nitrogen and oxygen atoms in total. The van der Waals surface area contributed by atoms with Crippen molar-refractivity contribution in [3.05, 3.63) is 17.6 Å². The van der Waals surface area contributed by atoms with E-state index in [2.05, 4.69) is 15.3 Å². The fourth-order valence-electron chi connectivity index (χ4n) is 2.60. The molecule has 0 saturated carbocycles. The van der Waals surface area contributed by atoms with Crippen LogP contribution >= 0.6 is 0 Å². The van der Waals surface area contributed by atoms with Crippen molar-refractivity contribution in [1.29, 1.82) is 0 Å². The first-order valence-electron chi connectivity index (χ1n) is 6.15. The average Bonchev–Trinajstić information content (AvgIpc) is 2.96. The molecule has 0 aromatic carbocycles. The molecule has 1 aliphatic carbocycles. The van der Waals surface area contributed by atoms with Crippen molar-refractivity contribution < 1.29 is 14.6 Å². The lowest BCUT2D eigenvalue weighted by atomic mass is 10.0. The van der Waals surface area contributed by atoms with Crippen molar-refractivity contribution in [2.45, 2.75) is 25.3 Å². The van der Waals surface area contributed by atoms with Crippen LogP contribution in [0.4, 0.5) is 5.82 Å². The number of nitrogens with one attached hydrogen (secondary N) is 1. The summed E-state index contributed by atoms with van der Waals surface area (Å²) in [5.41, 5.74) is 2.21. The molecule has 2 N–H and O–H groups in total. The van der Waals surface area contributed by atoms with E-state index in [1.165, 1.54) is 6.33 Å². The molecule has 3 rings (SSSR count). The minimum Gasteiger partial charge on any atom is -0.481 e. The van der Waals surface area contributed by atoms with Crippen molar-refractivity contribution in [2.75, 3.05) is 18.5 Å². The minimum absolute atomic E-state index is 0.206. The van der Waals surface area contributed by atoms with Gasteiger partial charge in [0.25, 0.3) is 0 Å². The molecule has 1 fully saturated rings. The van der Waals surface area contributed by atoms with Crippen molar-refractivity contribution in [2.24, 2.45) is 5.92 Å². The number of nitrogens with zero attached hydrogens (tertiary/aromatic N) is 2. The number of hydrogen-bond donors (Lipinski definition) is 2. The molecular formula is C12H15N3O3. The Labute approximate surface area is 104 Å². The second-order valence-electron chi connectivity index (χ2n) is 4.73. The predicted molar refractivity (Wildman–Crippen MR) is 63.4 cm³/mol. The van der Waals surface area contributed by atoms with Crippen LogP contribution in [0.15, 0.2) is 6.33 Å². The molecule has 6 heteroatoms. The summed E-state index contributed by atoms with van der Waals surface area (Å²) in [6.45, 7) is 0.677. The zero-order valence-corrected chi connectivity index (χ0v) is 9.93. The summed E-state index contributed by atoms with van der Waals surface area (Å²) in [7, 11) is 0. The van der Waals surface area contributed by atoms with Crippen molar-refractivity contribution in [3.8, 4) is 0 Å². The van der Waals surface area contributed by atoms with Gasteiger partial charge in [-0.1, -0.05) is 0 Å². The third-order valence-electron chi connectivity index (χ3n) is 3.59. The fraction of sp³-hybridized carbons (Fsp3) is 0.583. The Kier molecular flexibility index (Phi) is 2.87. The normalized spacial score (nSPS) is 26.0. The molecule has 2 aliphatic rings. The highest BCUT2D eigenvalue weighted by molar-refractivity contribution is 5.72. The molecule has 1 aromatic rings. The summed E-state index contributed by atoms with van der Waals surface area (Å²) in [5, 5.41) is 12.3. The number of rotatable bonds is 3. The van der Waals surface area contributed by atoms with Crippen LogP contribution in [0.25, 0.3) is 0 Å². The van der Waals surface area contributed by atoms with E-state index < -0.39 is 11.9 Å². The van der Waals surface area contributed by atoms with E-state index in [1.807, 2.05) is 0 Å². The number of carboxylic acid groups (broad SMARTS) is 1. The van der Waals surface area contributed by atoms with Gasteiger partial charge >= 0.3 is 5.97 Å². The molecule has 0 amide bonds. The maximum Gasteiger partial charge on any atom is 0.311 e. The standard InChI is InChI=1S/C12H15N3O3/c16-12(17)8-4-18-5-10(8)15-11-7-2-1-3-9(7)13-6-14-11/h6,8,10H,1-5H2,(H,16,17)(H,13,14,15). The minimum atomic E-state index is -0.823. The summed E-state index contributed by atoms with van der Waals surface area (Å²) in [4.78, 5) is 19.6. The van der Waals surface area contributed by atoms with E-state index in [1.54, 1.807) is 0 Å². The number of aryl methyl sites for hydroxylation is 1. The highest BCUT2D eigenvalue weighted by Crippen LogP contribution is 2.27. The molecule has 2 unspecified atom stereocenters. The summed E-state index contributed by atoms with van der Waals surface area (Å²) in [5.74, 6) is -0.549. The lowest BCUT2D eigenvalue weighted by molar-refractivity contribution is -0.141. The van der Waals surface area contributed by atoms with Crippen LogP contribution in [0.5, 0.6) is 0 Å². The SMILES string of the molecule is O=C(O)C1COCC1Nc1ncnc2c1CCC2. The van der Waals surface area contributed by atoms with Gasteiger partial charge in [0.05, 0.1) is 19.3 Å². The van der Waals surface area contributed by atoms with Gasteiger partial charge in [-0.05, 0) is 19.3 Å². The second kappa shape index (κ2) is 4.53. The van der Waals surface area contributed by atoms with Gasteiger partial charge < -0.3 is 15.2 Å². The smallest absolute Gasteiger partial charge is 0.311 e. The molecule has 1 aliphatic heterocycles. The lowest BCUT2D eigenvalue weighted by Gasteiger charge is -2.17. The largest absolute Gasteiger partial charge is 0.481 e. The van der Waals surface area contributed by atoms with Crippen molar-refractivity contribution in [1.82, 2.24) is 9.97 Å². The van der Waals surface area contributed by atoms with Crippen LogP contribution in [-0.2, 0) is 22.4 Å². The summed E-state index contributed by atoms with van der Waals surface area (Å²) < 4.78 is 5.24. The molecule has 1 saturated heterocycles. The van der Waals surface area contributed by atoms with Crippen molar-refractivity contribution >= 4 is 11.8 Å². The summed E-state index contributed by atoms with van der Waals surface area (Å²) >= 11 is 0. The van der Waals surface area contributed by atoms with E-state index >= 15 is 0 Å². The van der Waals surface area contributed by atoms with Gasteiger partial charge in [-0.15, -0.1) is 0 Å². The molecule has 0 bridgehead atoms. The number of anilines is 1. The number of aliphatic carboxylic acids is 1. The van der Waals surface area contributed by atoms with E-state index in [0.29, 0.717) is 6.61 Å². The number of aromatic nitrogens is 2. The molecule has 0 radical (unpaired) electrons. The third kappa shape index (κ3) is 1.92. The zero-order chi connectivity index (χ0) is 12.5. The van der Waals surface area contributed by atoms with E-state index in [-0.39, 0.29) is 12.6 Å². The quantitative estimate of drug-likeness (QED) is 0.810. The molecule has 18 heavy (non-hydrogen) atoms. The monoisotopic (exact) mass is 249 g/mol. The molecule has 96 valence electrons. The van der Waals surface area contributed by atoms with Gasteiger partial charge in [0.15, 0.2) is 0 Å². The van der Waals surface area contributed by atoms with Crippen molar-refractivity contribution in [3.63, 3.8) is 0 Å². The molecule has 2 atom stereocenters. The van der Waals surface area contributed by atoms with Gasteiger partial charge in [0.2, 0.25) is 0 Å². The highest BCUT2D eigenvalue weighted by Gasteiger charge is 2.35. The maximum absolute atomic E-state index is 11.1. The van der Waals surface area contributed by atoms with Crippen LogP contribution in [0, 0.1) is 5.92 Å². The second-order valence-corrected chi connectivity index (χ2v) is 4.73. The van der Waals surface area contributed by atoms with Crippen LogP contribution in [0.2, 0.25) is 0 Å². The third-order valence-corrected chi connectivity index (χ3v) is 3.59. The average molecular weight is 249 g/mol. The number of hydrogen-bond acceptors (Lipinski definition) is 5. The zero-order valence-electron chi connectivity index (χ0n) is 9.93. The van der Waals surface area contributed by atoms with Gasteiger partial charge in [-0.3, -0.25) is 4.79 Å². The lowest BCUT2D eigenvalue weighted by Crippen LogP contribution is -2.33. The van der Waals surface area contributed by atoms with E-state index in [4.69, 9.17) is 9.84 Å². The Morgan fingerprint density at radius 2 is 2.28 bits per heavy atom. The van der Waals surface area contributed by atoms with Gasteiger partial charge in [0, 0.05) is 11.3 Å². The van der Waals surface area contributed by atoms with E-state index in [0.717, 1.165) is 36.3 Å². The maximum atomic E-state index is 11.1. The van der Waals surface area contributed by atoms with Crippen LogP contribution in [0.3, 0.4) is 0 Å². The predicted octanol–water partition coefficient (Wildman–Crippen LogP) is 0.477. The first-order valence-corrected chi connectivity index (χ1v) is 6.15. The summed E-state index contributed by atoms with van der Waals surface area (Å²) in [6.07, 6.45) is 4.57. The Hall–Kier alpha value is -1.69. The molecular weight excluding hydrogens is 234 g/mol. The topological polar surface area (TPSA) is 84.3 Å². The van der Waals surface area contributed by atoms with Crippen LogP contribution < -0.4 is 5.32 Å². The molecule has 0 spiro atoms. The van der Waals surface area contributed by atoms with Crippen LogP contribution in [-0.4, -0.2) is 40.3 Å². The van der Waals surface area contributed by atoms with Gasteiger partial charge in [0.1, 0.15) is 18.1 Å².